The maximum absolute atomic E-state index is 13.6. The summed E-state index contributed by atoms with van der Waals surface area (Å²) in [6.45, 7) is -0.166. The maximum atomic E-state index is 13.6. The van der Waals surface area contributed by atoms with Crippen LogP contribution in [0.25, 0.3) is 16.6 Å². The molecule has 0 aliphatic carbocycles. The van der Waals surface area contributed by atoms with Crippen LogP contribution in [0.3, 0.4) is 0 Å². The number of rotatable bonds is 5. The normalized spacial score (nSPS) is 11.0. The van der Waals surface area contributed by atoms with E-state index in [0.29, 0.717) is 11.3 Å². The van der Waals surface area contributed by atoms with Crippen LogP contribution in [0.1, 0.15) is 5.76 Å². The number of fused-ring (bicyclic) bond motifs is 1. The van der Waals surface area contributed by atoms with Gasteiger partial charge in [-0.15, -0.1) is 0 Å². The fraction of sp³-hybridized carbons (Fsp3) is 0.0952. The van der Waals surface area contributed by atoms with E-state index in [-0.39, 0.29) is 29.2 Å². The van der Waals surface area contributed by atoms with E-state index in [0.717, 1.165) is 10.6 Å². The van der Waals surface area contributed by atoms with Crippen molar-refractivity contribution in [3.8, 4) is 5.69 Å². The lowest BCUT2D eigenvalue weighted by Crippen LogP contribution is -2.41. The number of hydrogen-bond acceptors (Lipinski definition) is 4. The first-order valence-corrected chi connectivity index (χ1v) is 9.32. The Labute approximate surface area is 173 Å². The summed E-state index contributed by atoms with van der Waals surface area (Å²) >= 11 is 5.83. The molecule has 1 N–H and O–H groups in total. The van der Waals surface area contributed by atoms with Crippen molar-refractivity contribution in [3.05, 3.63) is 98.3 Å². The molecule has 0 unspecified atom stereocenters. The lowest BCUT2D eigenvalue weighted by molar-refractivity contribution is -0.121. The van der Waals surface area contributed by atoms with E-state index in [9.17, 15) is 18.8 Å². The van der Waals surface area contributed by atoms with E-state index in [2.05, 4.69) is 5.32 Å². The third-order valence-electron chi connectivity index (χ3n) is 4.55. The van der Waals surface area contributed by atoms with Gasteiger partial charge in [0.15, 0.2) is 0 Å². The van der Waals surface area contributed by atoms with Crippen molar-refractivity contribution >= 4 is 28.4 Å². The predicted molar refractivity (Wildman–Crippen MR) is 109 cm³/mol. The number of nitrogens with one attached hydrogen (secondary N) is 1. The molecule has 152 valence electrons. The van der Waals surface area contributed by atoms with Gasteiger partial charge in [0.2, 0.25) is 5.91 Å². The second-order valence-corrected chi connectivity index (χ2v) is 6.89. The van der Waals surface area contributed by atoms with Gasteiger partial charge in [-0.05, 0) is 42.5 Å². The molecule has 0 bridgehead atoms. The number of carbonyl (C=O) groups excluding carboxylic acids is 1. The van der Waals surface area contributed by atoms with Crippen LogP contribution in [0.5, 0.6) is 0 Å². The molecule has 0 saturated heterocycles. The van der Waals surface area contributed by atoms with E-state index < -0.39 is 23.0 Å². The van der Waals surface area contributed by atoms with Gasteiger partial charge in [0.25, 0.3) is 5.56 Å². The zero-order valence-corrected chi connectivity index (χ0v) is 16.2. The summed E-state index contributed by atoms with van der Waals surface area (Å²) in [5.74, 6) is -0.556. The molecule has 0 aliphatic heterocycles. The predicted octanol–water partition coefficient (Wildman–Crippen LogP) is 2.85. The molecule has 4 aromatic rings. The standard InChI is InChI=1S/C21H15ClFN3O4/c22-16-10-13(7-8-17(16)23)26-20(28)15-5-1-2-6-18(15)25(21(26)29)12-19(27)24-11-14-4-3-9-30-14/h1-10H,11-12H2,(H,24,27). The Morgan fingerprint density at radius 3 is 2.63 bits per heavy atom. The lowest BCUT2D eigenvalue weighted by Gasteiger charge is -2.14. The summed E-state index contributed by atoms with van der Waals surface area (Å²) in [4.78, 5) is 38.6. The Kier molecular flexibility index (Phi) is 5.24. The van der Waals surface area contributed by atoms with Crippen molar-refractivity contribution < 1.29 is 13.6 Å². The number of amides is 1. The number of para-hydroxylation sites is 1. The van der Waals surface area contributed by atoms with Crippen LogP contribution in [0.4, 0.5) is 4.39 Å². The first kappa shape index (κ1) is 19.7. The average molecular weight is 428 g/mol. The third-order valence-corrected chi connectivity index (χ3v) is 4.84. The van der Waals surface area contributed by atoms with Gasteiger partial charge in [-0.2, -0.15) is 0 Å². The van der Waals surface area contributed by atoms with E-state index in [4.69, 9.17) is 16.0 Å². The molecule has 2 heterocycles. The summed E-state index contributed by atoms with van der Waals surface area (Å²) in [6, 6.07) is 13.4. The van der Waals surface area contributed by atoms with Crippen molar-refractivity contribution in [3.63, 3.8) is 0 Å². The summed E-state index contributed by atoms with van der Waals surface area (Å²) in [5, 5.41) is 2.67. The molecule has 0 aliphatic rings. The number of aromatic nitrogens is 2. The molecule has 1 amide bonds. The van der Waals surface area contributed by atoms with Gasteiger partial charge in [0.05, 0.1) is 34.4 Å². The van der Waals surface area contributed by atoms with Gasteiger partial charge >= 0.3 is 5.69 Å². The Balaban J connectivity index is 1.80. The molecule has 0 saturated carbocycles. The second kappa shape index (κ2) is 8.00. The Bertz CT molecular complexity index is 1360. The van der Waals surface area contributed by atoms with Crippen molar-refractivity contribution in [1.82, 2.24) is 14.5 Å². The quantitative estimate of drug-likeness (QED) is 0.530. The van der Waals surface area contributed by atoms with E-state index >= 15 is 0 Å². The molecule has 2 aromatic carbocycles. The highest BCUT2D eigenvalue weighted by molar-refractivity contribution is 6.30. The summed E-state index contributed by atoms with van der Waals surface area (Å²) < 4.78 is 20.8. The molecule has 0 spiro atoms. The van der Waals surface area contributed by atoms with Crippen molar-refractivity contribution in [2.45, 2.75) is 13.1 Å². The first-order chi connectivity index (χ1) is 14.5. The number of halogens is 2. The third kappa shape index (κ3) is 3.65. The maximum Gasteiger partial charge on any atom is 0.336 e. The topological polar surface area (TPSA) is 86.2 Å². The molecule has 0 radical (unpaired) electrons. The number of furan rings is 1. The molecule has 2 aromatic heterocycles. The molecule has 30 heavy (non-hydrogen) atoms. The summed E-state index contributed by atoms with van der Waals surface area (Å²) in [7, 11) is 0. The van der Waals surface area contributed by atoms with Crippen molar-refractivity contribution in [2.75, 3.05) is 0 Å². The van der Waals surface area contributed by atoms with Crippen LogP contribution < -0.4 is 16.6 Å². The summed E-state index contributed by atoms with van der Waals surface area (Å²) in [5.41, 5.74) is -0.919. The molecular formula is C21H15ClFN3O4. The van der Waals surface area contributed by atoms with E-state index in [1.807, 2.05) is 0 Å². The van der Waals surface area contributed by atoms with Gasteiger partial charge in [-0.25, -0.2) is 13.8 Å². The Hall–Kier alpha value is -3.65. The largest absolute Gasteiger partial charge is 0.467 e. The monoisotopic (exact) mass is 427 g/mol. The van der Waals surface area contributed by atoms with E-state index in [1.54, 1.807) is 36.4 Å². The van der Waals surface area contributed by atoms with Gasteiger partial charge < -0.3 is 9.73 Å². The zero-order valence-electron chi connectivity index (χ0n) is 15.5. The molecule has 0 atom stereocenters. The van der Waals surface area contributed by atoms with Crippen LogP contribution in [-0.2, 0) is 17.9 Å². The summed E-state index contributed by atoms with van der Waals surface area (Å²) in [6.07, 6.45) is 1.49. The number of benzene rings is 2. The second-order valence-electron chi connectivity index (χ2n) is 6.48. The van der Waals surface area contributed by atoms with Gasteiger partial charge in [0.1, 0.15) is 18.1 Å². The van der Waals surface area contributed by atoms with Gasteiger partial charge in [-0.3, -0.25) is 14.2 Å². The van der Waals surface area contributed by atoms with Crippen LogP contribution in [0.2, 0.25) is 5.02 Å². The highest BCUT2D eigenvalue weighted by Gasteiger charge is 2.17. The number of hydrogen-bond donors (Lipinski definition) is 1. The van der Waals surface area contributed by atoms with Crippen LogP contribution in [0.15, 0.2) is 74.9 Å². The Morgan fingerprint density at radius 2 is 1.90 bits per heavy atom. The van der Waals surface area contributed by atoms with Crippen LogP contribution in [-0.4, -0.2) is 15.0 Å². The van der Waals surface area contributed by atoms with Gasteiger partial charge in [0, 0.05) is 0 Å². The van der Waals surface area contributed by atoms with Gasteiger partial charge in [-0.1, -0.05) is 23.7 Å². The fourth-order valence-electron chi connectivity index (χ4n) is 3.12. The zero-order chi connectivity index (χ0) is 21.3. The molecule has 0 fully saturated rings. The van der Waals surface area contributed by atoms with Crippen molar-refractivity contribution in [1.29, 1.82) is 0 Å². The highest BCUT2D eigenvalue weighted by Crippen LogP contribution is 2.18. The smallest absolute Gasteiger partial charge is 0.336 e. The minimum atomic E-state index is -0.741. The average Bonchev–Trinajstić information content (AvgIpc) is 3.26. The lowest BCUT2D eigenvalue weighted by atomic mass is 10.2. The van der Waals surface area contributed by atoms with Crippen molar-refractivity contribution in [2.24, 2.45) is 0 Å². The molecular weight excluding hydrogens is 413 g/mol. The number of nitrogens with zero attached hydrogens (tertiary/aromatic N) is 2. The number of carbonyl (C=O) groups is 1. The molecule has 4 rings (SSSR count). The Morgan fingerprint density at radius 1 is 1.10 bits per heavy atom. The minimum absolute atomic E-state index is 0.104. The first-order valence-electron chi connectivity index (χ1n) is 8.95. The molecule has 7 nitrogen and oxygen atoms in total. The SMILES string of the molecule is O=C(Cn1c(=O)n(-c2ccc(F)c(Cl)c2)c(=O)c2ccccc21)NCc1ccco1. The van der Waals surface area contributed by atoms with Crippen LogP contribution in [0, 0.1) is 5.82 Å². The highest BCUT2D eigenvalue weighted by atomic mass is 35.5. The van der Waals surface area contributed by atoms with Crippen LogP contribution >= 0.6 is 11.6 Å². The fourth-order valence-corrected chi connectivity index (χ4v) is 3.30. The minimum Gasteiger partial charge on any atom is -0.467 e. The molecule has 9 heteroatoms. The van der Waals surface area contributed by atoms with E-state index in [1.165, 1.54) is 23.0 Å².